The number of phenols is 1. The van der Waals surface area contributed by atoms with E-state index >= 15 is 0 Å². The van der Waals surface area contributed by atoms with Crippen molar-refractivity contribution in [3.05, 3.63) is 54.2 Å². The maximum Gasteiger partial charge on any atom is 0.342 e. The average Bonchev–Trinajstić information content (AvgIpc) is 2.61. The first-order valence-electron chi connectivity index (χ1n) is 9.63. The van der Waals surface area contributed by atoms with E-state index in [1.807, 2.05) is 22.6 Å². The topological polar surface area (TPSA) is 82.1 Å². The molecule has 2 aromatic carbocycles. The fraction of sp³-hybridized carbons (Fsp3) is 0.391. The zero-order valence-corrected chi connectivity index (χ0v) is 23.6. The van der Waals surface area contributed by atoms with Gasteiger partial charge in [0.15, 0.2) is 0 Å². The van der Waals surface area contributed by atoms with Gasteiger partial charge in [-0.2, -0.15) is 0 Å². The molecule has 2 rings (SSSR count). The molecule has 10 heteroatoms. The third kappa shape index (κ3) is 9.59. The number of hydrogen-bond acceptors (Lipinski definition) is 6. The molecule has 0 aliphatic carbocycles. The zero-order chi connectivity index (χ0) is 25.7. The van der Waals surface area contributed by atoms with Crippen LogP contribution < -0.4 is 4.74 Å². The monoisotopic (exact) mass is 690 g/mol. The average molecular weight is 690 g/mol. The van der Waals surface area contributed by atoms with Crippen molar-refractivity contribution in [2.24, 2.45) is 0 Å². The summed E-state index contributed by atoms with van der Waals surface area (Å²) in [6, 6.07) is 4.53. The molecule has 0 atom stereocenters. The maximum atomic E-state index is 13.3. The Hall–Kier alpha value is -1.70. The number of carbonyl (C=O) groups excluding carboxylic acids is 2. The van der Waals surface area contributed by atoms with Crippen molar-refractivity contribution >= 4 is 57.1 Å². The smallest absolute Gasteiger partial charge is 0.342 e. The molecule has 0 heterocycles. The highest BCUT2D eigenvalue weighted by Crippen LogP contribution is 2.29. The van der Waals surface area contributed by atoms with Crippen molar-refractivity contribution in [2.45, 2.75) is 52.7 Å². The van der Waals surface area contributed by atoms with Gasteiger partial charge >= 0.3 is 11.9 Å². The number of rotatable bonds is 3. The first kappa shape index (κ1) is 29.3. The number of methoxy groups -OCH3 is 1. The van der Waals surface area contributed by atoms with Gasteiger partial charge in [-0.05, 0) is 111 Å². The van der Waals surface area contributed by atoms with E-state index in [1.54, 1.807) is 64.1 Å². The molecule has 0 saturated heterocycles. The van der Waals surface area contributed by atoms with Crippen molar-refractivity contribution in [1.82, 2.24) is 0 Å². The second-order valence-corrected chi connectivity index (χ2v) is 11.1. The summed E-state index contributed by atoms with van der Waals surface area (Å²) in [5.41, 5.74) is -1.35. The fourth-order valence-corrected chi connectivity index (χ4v) is 3.70. The van der Waals surface area contributed by atoms with Gasteiger partial charge in [0.2, 0.25) is 0 Å². The highest BCUT2D eigenvalue weighted by Gasteiger charge is 2.24. The fourth-order valence-electron chi connectivity index (χ4n) is 2.31. The molecule has 0 bridgehead atoms. The van der Waals surface area contributed by atoms with Gasteiger partial charge in [0.25, 0.3) is 0 Å². The SMILES string of the molecule is CC(C)(C)OC(=O)c1cc(F)cc(I)c1O.COc1c(I)cc(F)cc1C(=O)OC(C)(C)C. The van der Waals surface area contributed by atoms with Crippen molar-refractivity contribution in [3.63, 3.8) is 0 Å². The maximum absolute atomic E-state index is 13.3. The summed E-state index contributed by atoms with van der Waals surface area (Å²) in [5, 5.41) is 9.61. The molecule has 0 aromatic heterocycles. The number of hydrogen-bond donors (Lipinski definition) is 1. The van der Waals surface area contributed by atoms with Crippen molar-refractivity contribution in [1.29, 1.82) is 0 Å². The second kappa shape index (κ2) is 11.6. The Kier molecular flexibility index (Phi) is 10.3. The van der Waals surface area contributed by atoms with Gasteiger partial charge in [0.1, 0.15) is 45.5 Å². The molecule has 6 nitrogen and oxygen atoms in total. The van der Waals surface area contributed by atoms with E-state index in [9.17, 15) is 23.5 Å². The van der Waals surface area contributed by atoms with Crippen LogP contribution in [0.2, 0.25) is 0 Å². The Labute approximate surface area is 219 Å². The highest BCUT2D eigenvalue weighted by molar-refractivity contribution is 14.1. The lowest BCUT2D eigenvalue weighted by Gasteiger charge is -2.20. The molecule has 0 saturated carbocycles. The minimum atomic E-state index is -0.734. The summed E-state index contributed by atoms with van der Waals surface area (Å²) in [7, 11) is 1.43. The van der Waals surface area contributed by atoms with Crippen LogP contribution in [-0.4, -0.2) is 35.4 Å². The first-order valence-corrected chi connectivity index (χ1v) is 11.8. The van der Waals surface area contributed by atoms with Crippen LogP contribution in [0.4, 0.5) is 8.78 Å². The molecule has 0 radical (unpaired) electrons. The van der Waals surface area contributed by atoms with E-state index in [2.05, 4.69) is 0 Å². The van der Waals surface area contributed by atoms with E-state index in [0.717, 1.165) is 18.2 Å². The molecule has 0 aliphatic heterocycles. The van der Waals surface area contributed by atoms with Crippen LogP contribution in [0.25, 0.3) is 0 Å². The molecule has 1 N–H and O–H groups in total. The number of aromatic hydroxyl groups is 1. The van der Waals surface area contributed by atoms with Gasteiger partial charge in [0.05, 0.1) is 14.3 Å². The summed E-state index contributed by atoms with van der Waals surface area (Å²) in [6.07, 6.45) is 0. The van der Waals surface area contributed by atoms with Gasteiger partial charge in [-0.25, -0.2) is 18.4 Å². The van der Waals surface area contributed by atoms with E-state index in [4.69, 9.17) is 14.2 Å². The summed E-state index contributed by atoms with van der Waals surface area (Å²) in [4.78, 5) is 23.5. The molecule has 0 amide bonds. The quantitative estimate of drug-likeness (QED) is 0.293. The van der Waals surface area contributed by atoms with E-state index in [0.29, 0.717) is 9.32 Å². The van der Waals surface area contributed by atoms with Crippen LogP contribution >= 0.6 is 45.2 Å². The Morgan fingerprint density at radius 1 is 0.788 bits per heavy atom. The van der Waals surface area contributed by atoms with Crippen molar-refractivity contribution in [3.8, 4) is 11.5 Å². The van der Waals surface area contributed by atoms with Gasteiger partial charge in [-0.15, -0.1) is 0 Å². The molecule has 33 heavy (non-hydrogen) atoms. The number of ether oxygens (including phenoxy) is 3. The van der Waals surface area contributed by atoms with Crippen LogP contribution in [0.1, 0.15) is 62.3 Å². The van der Waals surface area contributed by atoms with Crippen LogP contribution in [-0.2, 0) is 9.47 Å². The molecule has 0 spiro atoms. The summed E-state index contributed by atoms with van der Waals surface area (Å²) < 4.78 is 42.5. The molecule has 0 aliphatic rings. The number of esters is 2. The number of halogens is 4. The lowest BCUT2D eigenvalue weighted by atomic mass is 10.1. The van der Waals surface area contributed by atoms with Crippen LogP contribution in [0.5, 0.6) is 11.5 Å². The lowest BCUT2D eigenvalue weighted by Crippen LogP contribution is -2.24. The predicted molar refractivity (Wildman–Crippen MR) is 137 cm³/mol. The minimum Gasteiger partial charge on any atom is -0.506 e. The summed E-state index contributed by atoms with van der Waals surface area (Å²) in [6.45, 7) is 10.4. The number of phenolic OH excluding ortho intramolecular Hbond substituents is 1. The molecule has 2 aromatic rings. The third-order valence-corrected chi connectivity index (χ3v) is 5.10. The first-order chi connectivity index (χ1) is 14.9. The highest BCUT2D eigenvalue weighted by atomic mass is 127. The molecular formula is C23H26F2I2O6. The molecule has 0 fully saturated rings. The van der Waals surface area contributed by atoms with Crippen LogP contribution in [0.15, 0.2) is 24.3 Å². The minimum absolute atomic E-state index is 0.104. The molecule has 182 valence electrons. The van der Waals surface area contributed by atoms with Gasteiger partial charge in [0, 0.05) is 0 Å². The van der Waals surface area contributed by atoms with Gasteiger partial charge < -0.3 is 19.3 Å². The van der Waals surface area contributed by atoms with E-state index in [-0.39, 0.29) is 20.4 Å². The van der Waals surface area contributed by atoms with Crippen LogP contribution in [0.3, 0.4) is 0 Å². The largest absolute Gasteiger partial charge is 0.506 e. The number of carbonyl (C=O) groups is 2. The standard InChI is InChI=1S/C12H14FIO3.C11H12FIO3/c1-12(2,3)17-11(15)8-5-7(13)6-9(14)10(8)16-4;1-11(2,3)16-10(15)7-4-6(12)5-8(13)9(7)14/h5-6H,1-4H3;4-5,14H,1-3H3. The summed E-state index contributed by atoms with van der Waals surface area (Å²) >= 11 is 3.66. The Bertz CT molecular complexity index is 1030. The van der Waals surface area contributed by atoms with Crippen molar-refractivity contribution in [2.75, 3.05) is 7.11 Å². The van der Waals surface area contributed by atoms with E-state index in [1.165, 1.54) is 13.2 Å². The second-order valence-electron chi connectivity index (χ2n) is 8.76. The zero-order valence-electron chi connectivity index (χ0n) is 19.3. The lowest BCUT2D eigenvalue weighted by molar-refractivity contribution is 0.00531. The molecular weight excluding hydrogens is 664 g/mol. The normalized spacial score (nSPS) is 11.2. The van der Waals surface area contributed by atoms with Crippen molar-refractivity contribution < 1.29 is 37.7 Å². The third-order valence-electron chi connectivity index (χ3n) is 3.48. The Morgan fingerprint density at radius 2 is 1.18 bits per heavy atom. The Morgan fingerprint density at radius 3 is 1.61 bits per heavy atom. The van der Waals surface area contributed by atoms with Crippen LogP contribution in [0, 0.1) is 18.8 Å². The Balaban J connectivity index is 0.000000331. The molecule has 0 unspecified atom stereocenters. The summed E-state index contributed by atoms with van der Waals surface area (Å²) in [5.74, 6) is -2.31. The predicted octanol–water partition coefficient (Wildman–Crippen LogP) is 6.49. The van der Waals surface area contributed by atoms with Gasteiger partial charge in [-0.1, -0.05) is 0 Å². The number of benzene rings is 2. The van der Waals surface area contributed by atoms with E-state index < -0.39 is 34.8 Å². The van der Waals surface area contributed by atoms with Gasteiger partial charge in [-0.3, -0.25) is 0 Å².